The van der Waals surface area contributed by atoms with Crippen molar-refractivity contribution < 1.29 is 19.1 Å². The molecule has 1 heterocycles. The van der Waals surface area contributed by atoms with Gasteiger partial charge in [-0.2, -0.15) is 0 Å². The molecule has 0 unspecified atom stereocenters. The molecule has 0 radical (unpaired) electrons. The first-order valence-corrected chi connectivity index (χ1v) is 11.6. The molecule has 0 atom stereocenters. The lowest BCUT2D eigenvalue weighted by molar-refractivity contribution is -0.127. The maximum Gasteiger partial charge on any atom is 0.254 e. The van der Waals surface area contributed by atoms with E-state index in [1.54, 1.807) is 23.1 Å². The Bertz CT molecular complexity index is 1230. The van der Waals surface area contributed by atoms with Crippen molar-refractivity contribution in [2.24, 2.45) is 0 Å². The number of hydrogen-bond acceptors (Lipinski definition) is 4. The summed E-state index contributed by atoms with van der Waals surface area (Å²) in [4.78, 5) is 29.5. The predicted octanol–water partition coefficient (Wildman–Crippen LogP) is 4.90. The highest BCUT2D eigenvalue weighted by molar-refractivity contribution is 6.32. The fourth-order valence-corrected chi connectivity index (χ4v) is 4.43. The number of hydrogen-bond donors (Lipinski definition) is 0. The van der Waals surface area contributed by atoms with Crippen molar-refractivity contribution in [3.05, 3.63) is 76.8 Å². The maximum atomic E-state index is 13.1. The lowest BCUT2D eigenvalue weighted by Crippen LogP contribution is -2.50. The van der Waals surface area contributed by atoms with Crippen molar-refractivity contribution in [2.45, 2.75) is 6.92 Å². The summed E-state index contributed by atoms with van der Waals surface area (Å²) in [6.45, 7) is 4.29. The first-order valence-electron chi connectivity index (χ1n) is 11.3. The monoisotopic (exact) mass is 478 g/mol. The van der Waals surface area contributed by atoms with Crippen LogP contribution in [0.25, 0.3) is 16.8 Å². The van der Waals surface area contributed by atoms with Gasteiger partial charge >= 0.3 is 0 Å². The molecule has 1 saturated heterocycles. The molecule has 1 fully saturated rings. The maximum absolute atomic E-state index is 13.1. The van der Waals surface area contributed by atoms with Gasteiger partial charge in [0.15, 0.2) is 11.5 Å². The number of carbonyl (C=O) groups excluding carboxylic acids is 2. The molecule has 0 spiro atoms. The van der Waals surface area contributed by atoms with Crippen LogP contribution in [0.15, 0.2) is 60.7 Å². The number of methoxy groups -OCH3 is 1. The molecule has 0 aromatic heterocycles. The van der Waals surface area contributed by atoms with Crippen molar-refractivity contribution in [3.63, 3.8) is 0 Å². The van der Waals surface area contributed by atoms with Crippen LogP contribution in [-0.2, 0) is 4.79 Å². The molecule has 0 bridgehead atoms. The van der Waals surface area contributed by atoms with Gasteiger partial charge in [-0.05, 0) is 47.5 Å². The Morgan fingerprint density at radius 3 is 2.44 bits per heavy atom. The minimum atomic E-state index is -0.109. The summed E-state index contributed by atoms with van der Waals surface area (Å²) in [6, 6.07) is 17.2. The van der Waals surface area contributed by atoms with Crippen molar-refractivity contribution in [3.8, 4) is 11.5 Å². The van der Waals surface area contributed by atoms with E-state index in [4.69, 9.17) is 21.1 Å². The normalized spacial score (nSPS) is 14.0. The first kappa shape index (κ1) is 23.6. The fraction of sp³-hybridized carbons (Fsp3) is 0.259. The Morgan fingerprint density at radius 2 is 1.71 bits per heavy atom. The zero-order valence-corrected chi connectivity index (χ0v) is 20.0. The summed E-state index contributed by atoms with van der Waals surface area (Å²) < 4.78 is 10.9. The van der Waals surface area contributed by atoms with E-state index in [1.807, 2.05) is 54.3 Å². The Kier molecular flexibility index (Phi) is 7.38. The molecule has 7 heteroatoms. The third-order valence-electron chi connectivity index (χ3n) is 5.85. The molecular weight excluding hydrogens is 452 g/mol. The molecule has 1 aliphatic rings. The van der Waals surface area contributed by atoms with Gasteiger partial charge in [-0.15, -0.1) is 0 Å². The molecule has 0 aliphatic carbocycles. The van der Waals surface area contributed by atoms with Crippen molar-refractivity contribution in [1.82, 2.24) is 9.80 Å². The van der Waals surface area contributed by atoms with E-state index in [1.165, 1.54) is 13.2 Å². The van der Waals surface area contributed by atoms with Gasteiger partial charge in [0.25, 0.3) is 5.91 Å². The summed E-state index contributed by atoms with van der Waals surface area (Å²) >= 11 is 6.30. The third-order valence-corrected chi connectivity index (χ3v) is 6.13. The molecule has 176 valence electrons. The number of rotatable bonds is 6. The van der Waals surface area contributed by atoms with E-state index in [2.05, 4.69) is 0 Å². The predicted molar refractivity (Wildman–Crippen MR) is 135 cm³/mol. The standard InChI is InChI=1S/C27H27ClN2O4/c1-3-34-24-18-19(17-23(28)26(24)33-2)11-12-25(31)29-13-15-30(16-14-29)27(32)22-10-6-8-20-7-4-5-9-21(20)22/h4-12,17-18H,3,13-16H2,1-2H3/b12-11+. The number of nitrogens with zero attached hydrogens (tertiary/aromatic N) is 2. The summed E-state index contributed by atoms with van der Waals surface area (Å²) in [5, 5.41) is 2.40. The van der Waals surface area contributed by atoms with Gasteiger partial charge in [0.2, 0.25) is 5.91 Å². The van der Waals surface area contributed by atoms with Crippen LogP contribution in [0.2, 0.25) is 5.02 Å². The second-order valence-electron chi connectivity index (χ2n) is 7.94. The second kappa shape index (κ2) is 10.6. The van der Waals surface area contributed by atoms with Crippen molar-refractivity contribution in [2.75, 3.05) is 39.9 Å². The molecule has 34 heavy (non-hydrogen) atoms. The molecule has 0 saturated carbocycles. The average Bonchev–Trinajstić information content (AvgIpc) is 2.86. The molecule has 3 aromatic carbocycles. The molecule has 2 amide bonds. The van der Waals surface area contributed by atoms with Gasteiger partial charge in [-0.3, -0.25) is 9.59 Å². The van der Waals surface area contributed by atoms with Crippen molar-refractivity contribution in [1.29, 1.82) is 0 Å². The molecule has 1 aliphatic heterocycles. The van der Waals surface area contributed by atoms with E-state index >= 15 is 0 Å². The summed E-state index contributed by atoms with van der Waals surface area (Å²) in [7, 11) is 1.54. The van der Waals surface area contributed by atoms with Crippen LogP contribution in [0.4, 0.5) is 0 Å². The Labute approximate surface area is 204 Å². The Morgan fingerprint density at radius 1 is 1.00 bits per heavy atom. The third kappa shape index (κ3) is 5.02. The van der Waals surface area contributed by atoms with Gasteiger partial charge in [0.1, 0.15) is 0 Å². The van der Waals surface area contributed by atoms with E-state index in [9.17, 15) is 9.59 Å². The lowest BCUT2D eigenvalue weighted by atomic mass is 10.0. The first-order chi connectivity index (χ1) is 16.5. The van der Waals surface area contributed by atoms with Crippen LogP contribution in [0.1, 0.15) is 22.8 Å². The number of fused-ring (bicyclic) bond motifs is 1. The minimum absolute atomic E-state index is 0.00392. The highest BCUT2D eigenvalue weighted by atomic mass is 35.5. The summed E-state index contributed by atoms with van der Waals surface area (Å²) in [5.41, 5.74) is 1.44. The van der Waals surface area contributed by atoms with Crippen LogP contribution in [0, 0.1) is 0 Å². The van der Waals surface area contributed by atoms with Crippen LogP contribution in [-0.4, -0.2) is 61.5 Å². The topological polar surface area (TPSA) is 59.1 Å². The Hall–Kier alpha value is -3.51. The number of piperazine rings is 1. The quantitative estimate of drug-likeness (QED) is 0.473. The molecule has 3 aromatic rings. The summed E-state index contributed by atoms with van der Waals surface area (Å²) in [6.07, 6.45) is 3.24. The summed E-state index contributed by atoms with van der Waals surface area (Å²) in [5.74, 6) is 0.891. The van der Waals surface area contributed by atoms with Gasteiger partial charge in [0.05, 0.1) is 18.7 Å². The zero-order chi connectivity index (χ0) is 24.1. The molecule has 6 nitrogen and oxygen atoms in total. The number of halogens is 1. The lowest BCUT2D eigenvalue weighted by Gasteiger charge is -2.34. The largest absolute Gasteiger partial charge is 0.491 e. The van der Waals surface area contributed by atoms with Crippen LogP contribution < -0.4 is 9.47 Å². The van der Waals surface area contributed by atoms with E-state index in [-0.39, 0.29) is 11.8 Å². The smallest absolute Gasteiger partial charge is 0.254 e. The SMILES string of the molecule is CCOc1cc(/C=C/C(=O)N2CCN(C(=O)c3cccc4ccccc34)CC2)cc(Cl)c1OC. The average molecular weight is 479 g/mol. The number of carbonyl (C=O) groups is 2. The second-order valence-corrected chi connectivity index (χ2v) is 8.35. The molecule has 0 N–H and O–H groups in total. The van der Waals surface area contributed by atoms with Gasteiger partial charge in [-0.1, -0.05) is 48.0 Å². The Balaban J connectivity index is 1.40. The van der Waals surface area contributed by atoms with Crippen molar-refractivity contribution >= 4 is 40.3 Å². The van der Waals surface area contributed by atoms with Gasteiger partial charge in [-0.25, -0.2) is 0 Å². The molecule has 4 rings (SSSR count). The zero-order valence-electron chi connectivity index (χ0n) is 19.3. The minimum Gasteiger partial charge on any atom is -0.491 e. The number of ether oxygens (including phenoxy) is 2. The van der Waals surface area contributed by atoms with E-state index in [0.29, 0.717) is 54.9 Å². The van der Waals surface area contributed by atoms with E-state index < -0.39 is 0 Å². The fourth-order valence-electron chi connectivity index (χ4n) is 4.13. The van der Waals surface area contributed by atoms with Gasteiger partial charge in [0, 0.05) is 37.8 Å². The number of benzene rings is 3. The van der Waals surface area contributed by atoms with Crippen LogP contribution >= 0.6 is 11.6 Å². The number of amides is 2. The highest BCUT2D eigenvalue weighted by Crippen LogP contribution is 2.36. The van der Waals surface area contributed by atoms with Gasteiger partial charge < -0.3 is 19.3 Å². The van der Waals surface area contributed by atoms with Crippen LogP contribution in [0.5, 0.6) is 11.5 Å². The molecular formula is C27H27ClN2O4. The van der Waals surface area contributed by atoms with E-state index in [0.717, 1.165) is 16.3 Å². The van der Waals surface area contributed by atoms with Crippen LogP contribution in [0.3, 0.4) is 0 Å². The highest BCUT2D eigenvalue weighted by Gasteiger charge is 2.25.